The molecular weight excluding hydrogens is 494 g/mol. The van der Waals surface area contributed by atoms with Crippen molar-refractivity contribution >= 4 is 40.7 Å². The summed E-state index contributed by atoms with van der Waals surface area (Å²) in [4.78, 5) is 39.7. The van der Waals surface area contributed by atoms with E-state index in [0.717, 1.165) is 12.0 Å². The summed E-state index contributed by atoms with van der Waals surface area (Å²) in [5.41, 5.74) is 2.21. The molecule has 1 heterocycles. The van der Waals surface area contributed by atoms with Crippen molar-refractivity contribution < 1.29 is 29.0 Å². The van der Waals surface area contributed by atoms with Crippen LogP contribution in [0, 0.1) is 0 Å². The number of nitrogens with zero attached hydrogens (tertiary/aromatic N) is 1. The van der Waals surface area contributed by atoms with Gasteiger partial charge in [0.15, 0.2) is 0 Å². The summed E-state index contributed by atoms with van der Waals surface area (Å²) in [6.07, 6.45) is 0.811. The van der Waals surface area contributed by atoms with Gasteiger partial charge in [-0.1, -0.05) is 42.8 Å². The third-order valence-electron chi connectivity index (χ3n) is 6.01. The fraction of sp³-hybridized carbons (Fsp3) is 0.207. The molecule has 0 bridgehead atoms. The van der Waals surface area contributed by atoms with Gasteiger partial charge in [0.05, 0.1) is 23.2 Å². The van der Waals surface area contributed by atoms with Crippen LogP contribution in [0.2, 0.25) is 5.02 Å². The number of hydrogen-bond acceptors (Lipinski definition) is 6. The molecule has 1 saturated heterocycles. The van der Waals surface area contributed by atoms with Crippen molar-refractivity contribution in [1.29, 1.82) is 0 Å². The van der Waals surface area contributed by atoms with Gasteiger partial charge in [0.25, 0.3) is 11.7 Å². The highest BCUT2D eigenvalue weighted by atomic mass is 35.5. The lowest BCUT2D eigenvalue weighted by atomic mass is 9.94. The summed E-state index contributed by atoms with van der Waals surface area (Å²) in [6.45, 7) is 5.45. The Balaban J connectivity index is 1.92. The number of halogens is 1. The number of rotatable bonds is 7. The van der Waals surface area contributed by atoms with Crippen LogP contribution in [0.4, 0.5) is 5.69 Å². The minimum absolute atomic E-state index is 0.102. The Kier molecular flexibility index (Phi) is 7.64. The second-order valence-corrected chi connectivity index (χ2v) is 8.84. The van der Waals surface area contributed by atoms with Gasteiger partial charge in [-0.25, -0.2) is 0 Å². The van der Waals surface area contributed by atoms with E-state index in [4.69, 9.17) is 21.1 Å². The predicted octanol–water partition coefficient (Wildman–Crippen LogP) is 5.85. The van der Waals surface area contributed by atoms with Gasteiger partial charge in [-0.05, 0) is 66.9 Å². The van der Waals surface area contributed by atoms with Gasteiger partial charge >= 0.3 is 5.97 Å². The lowest BCUT2D eigenvalue weighted by Crippen LogP contribution is -2.29. The van der Waals surface area contributed by atoms with E-state index in [-0.39, 0.29) is 22.6 Å². The number of ketones is 1. The van der Waals surface area contributed by atoms with Crippen molar-refractivity contribution in [3.63, 3.8) is 0 Å². The molecule has 1 aliphatic rings. The van der Waals surface area contributed by atoms with E-state index in [1.54, 1.807) is 55.5 Å². The number of anilines is 1. The number of esters is 1. The fourth-order valence-corrected chi connectivity index (χ4v) is 4.46. The largest absolute Gasteiger partial charge is 0.507 e. The molecule has 0 aliphatic carbocycles. The highest BCUT2D eigenvalue weighted by molar-refractivity contribution is 6.51. The Labute approximate surface area is 219 Å². The summed E-state index contributed by atoms with van der Waals surface area (Å²) in [6, 6.07) is 17.5. The Bertz CT molecular complexity index is 1400. The maximum absolute atomic E-state index is 13.4. The van der Waals surface area contributed by atoms with Crippen LogP contribution in [0.15, 0.2) is 72.3 Å². The van der Waals surface area contributed by atoms with Crippen molar-refractivity contribution in [1.82, 2.24) is 0 Å². The molecule has 1 aliphatic heterocycles. The van der Waals surface area contributed by atoms with Crippen LogP contribution in [-0.4, -0.2) is 29.4 Å². The molecule has 3 aromatic rings. The van der Waals surface area contributed by atoms with E-state index in [0.29, 0.717) is 28.6 Å². The van der Waals surface area contributed by atoms with Gasteiger partial charge < -0.3 is 14.6 Å². The van der Waals surface area contributed by atoms with Crippen molar-refractivity contribution in [3.05, 3.63) is 94.0 Å². The highest BCUT2D eigenvalue weighted by Gasteiger charge is 2.47. The van der Waals surface area contributed by atoms with Gasteiger partial charge in [-0.3, -0.25) is 19.3 Å². The number of carbonyl (C=O) groups is 3. The summed E-state index contributed by atoms with van der Waals surface area (Å²) in [5, 5.41) is 11.7. The van der Waals surface area contributed by atoms with Gasteiger partial charge in [0.1, 0.15) is 17.3 Å². The molecule has 3 aromatic carbocycles. The van der Waals surface area contributed by atoms with Crippen LogP contribution < -0.4 is 14.4 Å². The van der Waals surface area contributed by atoms with Crippen LogP contribution in [0.1, 0.15) is 43.5 Å². The molecule has 1 N–H and O–H groups in total. The first-order valence-electron chi connectivity index (χ1n) is 11.9. The molecule has 8 heteroatoms. The minimum Gasteiger partial charge on any atom is -0.507 e. The van der Waals surface area contributed by atoms with E-state index >= 15 is 0 Å². The molecule has 0 radical (unpaired) electrons. The molecular formula is C29H26ClNO6. The standard InChI is InChI=1S/C29H26ClNO6/c1-4-18-9-12-21(13-10-18)31-26(19-7-6-8-22(15-19)37-17(3)32)25(28(34)29(31)35)27(33)20-11-14-23(30)24(16-20)36-5-2/h6-16,26,33H,4-5H2,1-3H3/b27-25-. The number of amides is 1. The lowest BCUT2D eigenvalue weighted by molar-refractivity contribution is -0.132. The van der Waals surface area contributed by atoms with Crippen molar-refractivity contribution in [3.8, 4) is 11.5 Å². The van der Waals surface area contributed by atoms with Crippen LogP contribution in [-0.2, 0) is 20.8 Å². The fourth-order valence-electron chi connectivity index (χ4n) is 4.29. The number of Topliss-reactive ketones (excluding diaryl/α,β-unsaturated/α-hetero) is 1. The average molecular weight is 520 g/mol. The zero-order valence-electron chi connectivity index (χ0n) is 20.7. The first-order chi connectivity index (χ1) is 17.7. The van der Waals surface area contributed by atoms with Crippen LogP contribution in [0.3, 0.4) is 0 Å². The quantitative estimate of drug-likeness (QED) is 0.138. The Morgan fingerprint density at radius 1 is 1.03 bits per heavy atom. The topological polar surface area (TPSA) is 93.1 Å². The predicted molar refractivity (Wildman–Crippen MR) is 141 cm³/mol. The van der Waals surface area contributed by atoms with E-state index < -0.39 is 23.7 Å². The molecule has 1 atom stereocenters. The number of ether oxygens (including phenoxy) is 2. The third kappa shape index (κ3) is 5.22. The van der Waals surface area contributed by atoms with Crippen molar-refractivity contribution in [2.24, 2.45) is 0 Å². The number of hydrogen-bond donors (Lipinski definition) is 1. The molecule has 7 nitrogen and oxygen atoms in total. The van der Waals surface area contributed by atoms with Crippen molar-refractivity contribution in [2.45, 2.75) is 33.2 Å². The van der Waals surface area contributed by atoms with E-state index in [2.05, 4.69) is 0 Å². The maximum Gasteiger partial charge on any atom is 0.308 e. The molecule has 190 valence electrons. The molecule has 1 fully saturated rings. The molecule has 0 aromatic heterocycles. The number of carbonyl (C=O) groups excluding carboxylic acids is 3. The molecule has 1 unspecified atom stereocenters. The Morgan fingerprint density at radius 3 is 2.41 bits per heavy atom. The summed E-state index contributed by atoms with van der Waals surface area (Å²) < 4.78 is 10.8. The van der Waals surface area contributed by atoms with E-state index in [1.807, 2.05) is 19.1 Å². The first-order valence-corrected chi connectivity index (χ1v) is 12.2. The minimum atomic E-state index is -0.978. The second-order valence-electron chi connectivity index (χ2n) is 8.43. The zero-order valence-corrected chi connectivity index (χ0v) is 21.4. The number of aliphatic hydroxyl groups is 1. The molecule has 0 saturated carbocycles. The number of benzene rings is 3. The zero-order chi connectivity index (χ0) is 26.7. The van der Waals surface area contributed by atoms with Crippen LogP contribution >= 0.6 is 11.6 Å². The van der Waals surface area contributed by atoms with E-state index in [9.17, 15) is 19.5 Å². The van der Waals surface area contributed by atoms with E-state index in [1.165, 1.54) is 17.9 Å². The average Bonchev–Trinajstić information content (AvgIpc) is 3.15. The maximum atomic E-state index is 13.4. The summed E-state index contributed by atoms with van der Waals surface area (Å²) in [5.74, 6) is -1.91. The molecule has 1 amide bonds. The first kappa shape index (κ1) is 26.0. The second kappa shape index (κ2) is 10.9. The summed E-state index contributed by atoms with van der Waals surface area (Å²) in [7, 11) is 0. The molecule has 0 spiro atoms. The summed E-state index contributed by atoms with van der Waals surface area (Å²) >= 11 is 6.21. The van der Waals surface area contributed by atoms with Gasteiger partial charge in [-0.15, -0.1) is 0 Å². The highest BCUT2D eigenvalue weighted by Crippen LogP contribution is 2.43. The normalized spacial score (nSPS) is 16.6. The van der Waals surface area contributed by atoms with Gasteiger partial charge in [-0.2, -0.15) is 0 Å². The van der Waals surface area contributed by atoms with Crippen LogP contribution in [0.25, 0.3) is 5.76 Å². The van der Waals surface area contributed by atoms with Crippen LogP contribution in [0.5, 0.6) is 11.5 Å². The monoisotopic (exact) mass is 519 g/mol. The lowest BCUT2D eigenvalue weighted by Gasteiger charge is -2.26. The number of aryl methyl sites for hydroxylation is 1. The van der Waals surface area contributed by atoms with Crippen molar-refractivity contribution in [2.75, 3.05) is 11.5 Å². The third-order valence-corrected chi connectivity index (χ3v) is 6.32. The van der Waals surface area contributed by atoms with Gasteiger partial charge in [0, 0.05) is 18.2 Å². The Morgan fingerprint density at radius 2 is 1.76 bits per heavy atom. The Hall–Kier alpha value is -4.10. The number of aliphatic hydroxyl groups excluding tert-OH is 1. The van der Waals surface area contributed by atoms with Gasteiger partial charge in [0.2, 0.25) is 0 Å². The molecule has 4 rings (SSSR count). The smallest absolute Gasteiger partial charge is 0.308 e. The SMILES string of the molecule is CCOc1cc(/C(O)=C2/C(=O)C(=O)N(c3ccc(CC)cc3)C2c2cccc(OC(C)=O)c2)ccc1Cl. The molecule has 37 heavy (non-hydrogen) atoms.